The molecule has 1 heterocycles. The summed E-state index contributed by atoms with van der Waals surface area (Å²) in [6.45, 7) is 4.37. The molecule has 2 aliphatic rings. The summed E-state index contributed by atoms with van der Waals surface area (Å²) in [5.41, 5.74) is 5.23. The summed E-state index contributed by atoms with van der Waals surface area (Å²) in [4.78, 5) is 28.8. The van der Waals surface area contributed by atoms with Crippen LogP contribution in [0, 0.1) is 0 Å². The van der Waals surface area contributed by atoms with Crippen LogP contribution in [-0.2, 0) is 9.59 Å². The van der Waals surface area contributed by atoms with Crippen molar-refractivity contribution in [2.24, 2.45) is 0 Å². The van der Waals surface area contributed by atoms with Crippen LogP contribution in [-0.4, -0.2) is 18.3 Å². The highest BCUT2D eigenvalue weighted by atomic mass is 16.5. The number of rotatable bonds is 6. The molecule has 5 rings (SSSR count). The highest BCUT2D eigenvalue weighted by Crippen LogP contribution is 2.47. The van der Waals surface area contributed by atoms with Gasteiger partial charge in [-0.15, -0.1) is 0 Å². The van der Waals surface area contributed by atoms with Crippen LogP contribution in [0.1, 0.15) is 62.6 Å². The molecule has 0 unspecified atom stereocenters. The molecule has 0 saturated heterocycles. The molecule has 0 bridgehead atoms. The molecule has 1 N–H and O–H groups in total. The molecule has 0 aromatic heterocycles. The Kier molecular flexibility index (Phi) is 6.90. The molecule has 1 amide bonds. The van der Waals surface area contributed by atoms with E-state index in [0.29, 0.717) is 25.0 Å². The second kappa shape index (κ2) is 10.4. The van der Waals surface area contributed by atoms with Crippen LogP contribution in [0.15, 0.2) is 90.1 Å². The van der Waals surface area contributed by atoms with Crippen molar-refractivity contribution in [2.45, 2.75) is 51.5 Å². The topological polar surface area (TPSA) is 58.6 Å². The van der Waals surface area contributed by atoms with E-state index in [9.17, 15) is 9.59 Å². The summed E-state index contributed by atoms with van der Waals surface area (Å²) in [5, 5.41) is 3.56. The molecule has 0 fully saturated rings. The molecule has 36 heavy (non-hydrogen) atoms. The van der Waals surface area contributed by atoms with Gasteiger partial charge in [-0.3, -0.25) is 14.5 Å². The molecule has 3 aromatic rings. The monoisotopic (exact) mass is 480 g/mol. The Morgan fingerprint density at radius 2 is 1.67 bits per heavy atom. The van der Waals surface area contributed by atoms with Crippen molar-refractivity contribution in [2.75, 3.05) is 16.8 Å². The second-order valence-corrected chi connectivity index (χ2v) is 9.54. The standard InChI is InChI=1S/C31H32N2O3/c1-3-4-18-36-25-16-14-23(15-17-25)31-30-27(19-24(20-29(30)35)22-10-6-5-7-11-22)32-26-12-8-9-13-28(26)33(31)21(2)34/h5-17,24,31-32H,3-4,18-20H2,1-2H3/t24-,31-/m0/s1. The molecule has 2 atom stereocenters. The lowest BCUT2D eigenvalue weighted by Crippen LogP contribution is -2.37. The van der Waals surface area contributed by atoms with Crippen molar-refractivity contribution in [1.29, 1.82) is 0 Å². The fourth-order valence-corrected chi connectivity index (χ4v) is 5.30. The predicted octanol–water partition coefficient (Wildman–Crippen LogP) is 6.79. The minimum Gasteiger partial charge on any atom is -0.494 e. The van der Waals surface area contributed by atoms with Gasteiger partial charge in [-0.25, -0.2) is 0 Å². The molecule has 5 nitrogen and oxygen atoms in total. The fourth-order valence-electron chi connectivity index (χ4n) is 5.30. The quantitative estimate of drug-likeness (QED) is 0.395. The number of carbonyl (C=O) groups is 2. The number of benzene rings is 3. The molecule has 1 aliphatic heterocycles. The number of Topliss-reactive ketones (excluding diaryl/α,β-unsaturated/α-hetero) is 1. The number of unbranched alkanes of at least 4 members (excludes halogenated alkanes) is 1. The fraction of sp³-hybridized carbons (Fsp3) is 0.290. The Morgan fingerprint density at radius 3 is 2.39 bits per heavy atom. The Bertz CT molecular complexity index is 1280. The number of anilines is 2. The van der Waals surface area contributed by atoms with Gasteiger partial charge in [0.05, 0.1) is 24.0 Å². The molecule has 1 aliphatic carbocycles. The third kappa shape index (κ3) is 4.66. The zero-order valence-corrected chi connectivity index (χ0v) is 20.9. The highest BCUT2D eigenvalue weighted by molar-refractivity contribution is 6.06. The van der Waals surface area contributed by atoms with Gasteiger partial charge in [-0.05, 0) is 54.2 Å². The van der Waals surface area contributed by atoms with Crippen molar-refractivity contribution in [3.63, 3.8) is 0 Å². The van der Waals surface area contributed by atoms with E-state index in [1.54, 1.807) is 11.8 Å². The van der Waals surface area contributed by atoms with Crippen LogP contribution in [0.3, 0.4) is 0 Å². The first-order chi connectivity index (χ1) is 17.6. The molecular weight excluding hydrogens is 448 g/mol. The third-order valence-corrected chi connectivity index (χ3v) is 7.06. The van der Waals surface area contributed by atoms with Gasteiger partial charge < -0.3 is 10.1 Å². The number of nitrogens with zero attached hydrogens (tertiary/aromatic N) is 1. The Hall–Kier alpha value is -3.86. The summed E-state index contributed by atoms with van der Waals surface area (Å²) < 4.78 is 5.86. The lowest BCUT2D eigenvalue weighted by molar-refractivity contribution is -0.117. The molecule has 5 heteroatoms. The maximum atomic E-state index is 13.8. The number of fused-ring (bicyclic) bond motifs is 1. The maximum absolute atomic E-state index is 13.8. The number of ether oxygens (including phenoxy) is 1. The van der Waals surface area contributed by atoms with Crippen LogP contribution in [0.5, 0.6) is 5.75 Å². The minimum absolute atomic E-state index is 0.0740. The SMILES string of the molecule is CCCCOc1ccc([C@H]2C3=C(C[C@H](c4ccccc4)CC3=O)Nc3ccccc3N2C(C)=O)cc1. The van der Waals surface area contributed by atoms with Gasteiger partial charge in [0.1, 0.15) is 5.75 Å². The van der Waals surface area contributed by atoms with Gasteiger partial charge in [0.15, 0.2) is 5.78 Å². The van der Waals surface area contributed by atoms with E-state index in [1.165, 1.54) is 0 Å². The first kappa shape index (κ1) is 23.9. The number of amides is 1. The van der Waals surface area contributed by atoms with Crippen molar-refractivity contribution >= 4 is 23.1 Å². The molecule has 184 valence electrons. The van der Waals surface area contributed by atoms with E-state index in [-0.39, 0.29) is 17.6 Å². The second-order valence-electron chi connectivity index (χ2n) is 9.54. The van der Waals surface area contributed by atoms with Gasteiger partial charge in [-0.2, -0.15) is 0 Å². The van der Waals surface area contributed by atoms with Crippen molar-refractivity contribution in [3.8, 4) is 5.75 Å². The molecule has 0 spiro atoms. The van der Waals surface area contributed by atoms with Crippen molar-refractivity contribution in [3.05, 3.63) is 101 Å². The lowest BCUT2D eigenvalue weighted by Gasteiger charge is -2.34. The van der Waals surface area contributed by atoms with Gasteiger partial charge >= 0.3 is 0 Å². The summed E-state index contributed by atoms with van der Waals surface area (Å²) in [5.74, 6) is 0.854. The normalized spacial score (nSPS) is 19.2. The van der Waals surface area contributed by atoms with E-state index in [2.05, 4.69) is 24.4 Å². The minimum atomic E-state index is -0.512. The average molecular weight is 481 g/mol. The van der Waals surface area contributed by atoms with Gasteiger partial charge in [0, 0.05) is 24.6 Å². The van der Waals surface area contributed by atoms with Crippen LogP contribution in [0.2, 0.25) is 0 Å². The zero-order valence-electron chi connectivity index (χ0n) is 20.9. The summed E-state index contributed by atoms with van der Waals surface area (Å²) in [6, 6.07) is 25.3. The Labute approximate surface area is 212 Å². The largest absolute Gasteiger partial charge is 0.494 e. The smallest absolute Gasteiger partial charge is 0.224 e. The van der Waals surface area contributed by atoms with Crippen molar-refractivity contribution in [1.82, 2.24) is 0 Å². The highest BCUT2D eigenvalue weighted by Gasteiger charge is 2.40. The van der Waals surface area contributed by atoms with E-state index < -0.39 is 6.04 Å². The number of ketones is 1. The maximum Gasteiger partial charge on any atom is 0.224 e. The zero-order chi connectivity index (χ0) is 25.1. The molecule has 3 aromatic carbocycles. The third-order valence-electron chi connectivity index (χ3n) is 7.06. The molecule has 0 radical (unpaired) electrons. The number of hydrogen-bond acceptors (Lipinski definition) is 4. The van der Waals surface area contributed by atoms with E-state index >= 15 is 0 Å². The number of nitrogens with one attached hydrogen (secondary N) is 1. The Morgan fingerprint density at radius 1 is 0.944 bits per heavy atom. The first-order valence-electron chi connectivity index (χ1n) is 12.8. The van der Waals surface area contributed by atoms with Crippen molar-refractivity contribution < 1.29 is 14.3 Å². The summed E-state index contributed by atoms with van der Waals surface area (Å²) in [7, 11) is 0. The van der Waals surface area contributed by atoms with E-state index in [1.807, 2.05) is 66.7 Å². The Balaban J connectivity index is 1.61. The number of hydrogen-bond donors (Lipinski definition) is 1. The number of para-hydroxylation sites is 2. The average Bonchev–Trinajstić information content (AvgIpc) is 3.04. The summed E-state index contributed by atoms with van der Waals surface area (Å²) in [6.07, 6.45) is 3.20. The van der Waals surface area contributed by atoms with Gasteiger partial charge in [0.2, 0.25) is 5.91 Å². The molecule has 0 saturated carbocycles. The first-order valence-corrected chi connectivity index (χ1v) is 12.8. The van der Waals surface area contributed by atoms with Gasteiger partial charge in [-0.1, -0.05) is 67.9 Å². The summed E-state index contributed by atoms with van der Waals surface area (Å²) >= 11 is 0. The predicted molar refractivity (Wildman–Crippen MR) is 143 cm³/mol. The van der Waals surface area contributed by atoms with E-state index in [4.69, 9.17) is 4.74 Å². The van der Waals surface area contributed by atoms with Crippen LogP contribution in [0.25, 0.3) is 0 Å². The number of allylic oxidation sites excluding steroid dienone is 1. The number of carbonyl (C=O) groups excluding carboxylic acids is 2. The van der Waals surface area contributed by atoms with Crippen LogP contribution in [0.4, 0.5) is 11.4 Å². The van der Waals surface area contributed by atoms with Crippen LogP contribution >= 0.6 is 0 Å². The lowest BCUT2D eigenvalue weighted by atomic mass is 9.78. The van der Waals surface area contributed by atoms with Gasteiger partial charge in [0.25, 0.3) is 0 Å². The molecular formula is C31H32N2O3. The van der Waals surface area contributed by atoms with Crippen LogP contribution < -0.4 is 15.0 Å². The van der Waals surface area contributed by atoms with E-state index in [0.717, 1.165) is 46.8 Å².